The molecule has 0 saturated carbocycles. The van der Waals surface area contributed by atoms with Crippen LogP contribution in [0.5, 0.6) is 5.75 Å². The van der Waals surface area contributed by atoms with Crippen LogP contribution in [-0.2, 0) is 6.42 Å². The van der Waals surface area contributed by atoms with Gasteiger partial charge in [0.05, 0.1) is 0 Å². The highest BCUT2D eigenvalue weighted by Gasteiger charge is 2.10. The first kappa shape index (κ1) is 11.5. The summed E-state index contributed by atoms with van der Waals surface area (Å²) in [4.78, 5) is 0. The fourth-order valence-corrected chi connectivity index (χ4v) is 2.36. The van der Waals surface area contributed by atoms with Crippen molar-refractivity contribution in [1.82, 2.24) is 5.32 Å². The van der Waals surface area contributed by atoms with E-state index < -0.39 is 0 Å². The Kier molecular flexibility index (Phi) is 3.96. The molecule has 0 aliphatic carbocycles. The zero-order chi connectivity index (χ0) is 10.7. The molecule has 0 amide bonds. The van der Waals surface area contributed by atoms with Crippen molar-refractivity contribution < 1.29 is 5.11 Å². The van der Waals surface area contributed by atoms with Gasteiger partial charge < -0.3 is 10.4 Å². The van der Waals surface area contributed by atoms with Crippen LogP contribution in [0.25, 0.3) is 0 Å². The molecule has 1 rings (SSSR count). The zero-order valence-corrected chi connectivity index (χ0v) is 10.4. The summed E-state index contributed by atoms with van der Waals surface area (Å²) in [5, 5.41) is 12.9. The molecule has 0 saturated heterocycles. The SMILES string of the molecule is CNCCc1c(Br)cc(C)c(O)c1C. The number of halogens is 1. The van der Waals surface area contributed by atoms with Crippen molar-refractivity contribution in [2.24, 2.45) is 0 Å². The Hall–Kier alpha value is -0.540. The van der Waals surface area contributed by atoms with Crippen LogP contribution >= 0.6 is 15.9 Å². The molecule has 14 heavy (non-hydrogen) atoms. The maximum Gasteiger partial charge on any atom is 0.121 e. The Morgan fingerprint density at radius 3 is 2.64 bits per heavy atom. The molecular formula is C11H16BrNO. The number of benzene rings is 1. The number of nitrogens with one attached hydrogen (secondary N) is 1. The second kappa shape index (κ2) is 4.80. The molecule has 0 spiro atoms. The monoisotopic (exact) mass is 257 g/mol. The molecule has 1 aromatic carbocycles. The molecule has 2 N–H and O–H groups in total. The van der Waals surface area contributed by atoms with Crippen LogP contribution in [0.3, 0.4) is 0 Å². The second-order valence-electron chi connectivity index (χ2n) is 3.48. The van der Waals surface area contributed by atoms with Crippen molar-refractivity contribution in [3.8, 4) is 5.75 Å². The topological polar surface area (TPSA) is 32.3 Å². The third-order valence-corrected chi connectivity index (χ3v) is 3.15. The normalized spacial score (nSPS) is 10.6. The van der Waals surface area contributed by atoms with Crippen molar-refractivity contribution in [3.63, 3.8) is 0 Å². The lowest BCUT2D eigenvalue weighted by Crippen LogP contribution is -2.11. The van der Waals surface area contributed by atoms with Crippen LogP contribution in [0.4, 0.5) is 0 Å². The molecule has 0 aliphatic rings. The third-order valence-electron chi connectivity index (χ3n) is 2.44. The highest BCUT2D eigenvalue weighted by molar-refractivity contribution is 9.10. The number of phenolic OH excluding ortho intramolecular Hbond substituents is 1. The van der Waals surface area contributed by atoms with E-state index in [4.69, 9.17) is 0 Å². The number of aromatic hydroxyl groups is 1. The van der Waals surface area contributed by atoms with Gasteiger partial charge in [-0.05, 0) is 56.6 Å². The van der Waals surface area contributed by atoms with Crippen LogP contribution in [-0.4, -0.2) is 18.7 Å². The highest BCUT2D eigenvalue weighted by atomic mass is 79.9. The lowest BCUT2D eigenvalue weighted by atomic mass is 10.0. The minimum atomic E-state index is 0.416. The summed E-state index contributed by atoms with van der Waals surface area (Å²) in [5.74, 6) is 0.416. The highest BCUT2D eigenvalue weighted by Crippen LogP contribution is 2.31. The maximum absolute atomic E-state index is 9.77. The Labute approximate surface area is 93.5 Å². The number of phenols is 1. The molecule has 3 heteroatoms. The molecule has 0 fully saturated rings. The van der Waals surface area contributed by atoms with E-state index in [1.807, 2.05) is 27.0 Å². The van der Waals surface area contributed by atoms with Gasteiger partial charge in [-0.3, -0.25) is 0 Å². The molecule has 0 radical (unpaired) electrons. The fraction of sp³-hybridized carbons (Fsp3) is 0.455. The Morgan fingerprint density at radius 2 is 2.07 bits per heavy atom. The average Bonchev–Trinajstić information content (AvgIpc) is 2.14. The molecular weight excluding hydrogens is 242 g/mol. The van der Waals surface area contributed by atoms with E-state index in [0.717, 1.165) is 28.6 Å². The average molecular weight is 258 g/mol. The summed E-state index contributed by atoms with van der Waals surface area (Å²) in [5.41, 5.74) is 3.08. The van der Waals surface area contributed by atoms with Gasteiger partial charge in [0.25, 0.3) is 0 Å². The summed E-state index contributed by atoms with van der Waals surface area (Å²) in [7, 11) is 1.93. The zero-order valence-electron chi connectivity index (χ0n) is 8.82. The van der Waals surface area contributed by atoms with Crippen molar-refractivity contribution >= 4 is 15.9 Å². The molecule has 0 atom stereocenters. The smallest absolute Gasteiger partial charge is 0.121 e. The number of rotatable bonds is 3. The van der Waals surface area contributed by atoms with Crippen molar-refractivity contribution in [1.29, 1.82) is 0 Å². The second-order valence-corrected chi connectivity index (χ2v) is 4.34. The molecule has 0 heterocycles. The van der Waals surface area contributed by atoms with Crippen molar-refractivity contribution in [2.75, 3.05) is 13.6 Å². The summed E-state index contributed by atoms with van der Waals surface area (Å²) >= 11 is 3.52. The Balaban J connectivity index is 3.09. The van der Waals surface area contributed by atoms with E-state index in [1.165, 1.54) is 5.56 Å². The predicted octanol–water partition coefficient (Wildman–Crippen LogP) is 2.53. The molecule has 78 valence electrons. The quantitative estimate of drug-likeness (QED) is 0.873. The van der Waals surface area contributed by atoms with Crippen LogP contribution in [0.1, 0.15) is 16.7 Å². The van der Waals surface area contributed by atoms with E-state index in [9.17, 15) is 5.11 Å². The first-order valence-corrected chi connectivity index (χ1v) is 5.49. The molecule has 0 aromatic heterocycles. The van der Waals surface area contributed by atoms with Gasteiger partial charge in [0.2, 0.25) is 0 Å². The van der Waals surface area contributed by atoms with E-state index in [0.29, 0.717) is 5.75 Å². The number of hydrogen-bond acceptors (Lipinski definition) is 2. The Morgan fingerprint density at radius 1 is 1.43 bits per heavy atom. The van der Waals surface area contributed by atoms with E-state index >= 15 is 0 Å². The number of aryl methyl sites for hydroxylation is 1. The number of hydrogen-bond donors (Lipinski definition) is 2. The van der Waals surface area contributed by atoms with Gasteiger partial charge in [0, 0.05) is 4.47 Å². The minimum absolute atomic E-state index is 0.416. The van der Waals surface area contributed by atoms with Gasteiger partial charge in [-0.2, -0.15) is 0 Å². The summed E-state index contributed by atoms with van der Waals surface area (Å²) in [6.07, 6.45) is 0.927. The van der Waals surface area contributed by atoms with Gasteiger partial charge in [0.1, 0.15) is 5.75 Å². The fourth-order valence-electron chi connectivity index (χ4n) is 1.52. The van der Waals surface area contributed by atoms with E-state index in [1.54, 1.807) is 0 Å². The lowest BCUT2D eigenvalue weighted by molar-refractivity contribution is 0.465. The van der Waals surface area contributed by atoms with Crippen LogP contribution < -0.4 is 5.32 Å². The van der Waals surface area contributed by atoms with E-state index in [2.05, 4.69) is 21.2 Å². The van der Waals surface area contributed by atoms with Gasteiger partial charge in [-0.1, -0.05) is 15.9 Å². The van der Waals surface area contributed by atoms with Crippen LogP contribution in [0.15, 0.2) is 10.5 Å². The first-order valence-electron chi connectivity index (χ1n) is 4.70. The van der Waals surface area contributed by atoms with Gasteiger partial charge in [-0.15, -0.1) is 0 Å². The van der Waals surface area contributed by atoms with Crippen molar-refractivity contribution in [3.05, 3.63) is 27.2 Å². The van der Waals surface area contributed by atoms with Gasteiger partial charge in [0.15, 0.2) is 0 Å². The molecule has 0 unspecified atom stereocenters. The summed E-state index contributed by atoms with van der Waals surface area (Å²) in [6, 6.07) is 1.97. The first-order chi connectivity index (χ1) is 6.57. The maximum atomic E-state index is 9.77. The lowest BCUT2D eigenvalue weighted by Gasteiger charge is -2.12. The largest absolute Gasteiger partial charge is 0.507 e. The summed E-state index contributed by atoms with van der Waals surface area (Å²) < 4.78 is 1.08. The number of likely N-dealkylation sites (N-methyl/N-ethyl adjacent to an activating group) is 1. The van der Waals surface area contributed by atoms with Gasteiger partial charge >= 0.3 is 0 Å². The minimum Gasteiger partial charge on any atom is -0.507 e. The van der Waals surface area contributed by atoms with Crippen molar-refractivity contribution in [2.45, 2.75) is 20.3 Å². The molecule has 1 aromatic rings. The van der Waals surface area contributed by atoms with Gasteiger partial charge in [-0.25, -0.2) is 0 Å². The molecule has 2 nitrogen and oxygen atoms in total. The Bertz CT molecular complexity index is 337. The molecule has 0 aliphatic heterocycles. The standard InChI is InChI=1S/C11H16BrNO/c1-7-6-10(12)9(4-5-13-3)8(2)11(7)14/h6,13-14H,4-5H2,1-3H3. The van der Waals surface area contributed by atoms with Crippen LogP contribution in [0, 0.1) is 13.8 Å². The van der Waals surface area contributed by atoms with E-state index in [-0.39, 0.29) is 0 Å². The predicted molar refractivity (Wildman–Crippen MR) is 62.9 cm³/mol. The van der Waals surface area contributed by atoms with Crippen LogP contribution in [0.2, 0.25) is 0 Å². The summed E-state index contributed by atoms with van der Waals surface area (Å²) in [6.45, 7) is 4.79. The molecule has 0 bridgehead atoms. The third kappa shape index (κ3) is 2.28.